The Labute approximate surface area is 80.4 Å². The van der Waals surface area contributed by atoms with Crippen molar-refractivity contribution in [3.05, 3.63) is 35.2 Å². The molecular weight excluding hydrogens is 184 g/mol. The Morgan fingerprint density at radius 1 is 1.38 bits per heavy atom. The normalized spacial score (nSPS) is 9.00. The second-order valence-corrected chi connectivity index (χ2v) is 3.51. The molecule has 2 aromatic rings. The van der Waals surface area contributed by atoms with E-state index in [9.17, 15) is 0 Å². The topological polar surface area (TPSA) is 37.3 Å². The van der Waals surface area contributed by atoms with Crippen LogP contribution in [0.25, 0.3) is 10.1 Å². The average molecular weight is 194 g/mol. The van der Waals surface area contributed by atoms with Crippen molar-refractivity contribution in [3.8, 4) is 0 Å². The van der Waals surface area contributed by atoms with E-state index in [-0.39, 0.29) is 6.47 Å². The Hall–Kier alpha value is -1.35. The summed E-state index contributed by atoms with van der Waals surface area (Å²) in [4.78, 5) is 8.36. The molecule has 0 saturated carbocycles. The van der Waals surface area contributed by atoms with Gasteiger partial charge in [-0.05, 0) is 35.4 Å². The molecule has 68 valence electrons. The van der Waals surface area contributed by atoms with E-state index < -0.39 is 0 Å². The van der Waals surface area contributed by atoms with Crippen LogP contribution in [-0.2, 0) is 4.79 Å². The summed E-state index contributed by atoms with van der Waals surface area (Å²) in [5, 5.41) is 10.4. The van der Waals surface area contributed by atoms with Crippen LogP contribution >= 0.6 is 11.3 Å². The molecule has 0 fully saturated rings. The largest absolute Gasteiger partial charge is 0.483 e. The number of hydrogen-bond donors (Lipinski definition) is 1. The van der Waals surface area contributed by atoms with E-state index in [1.54, 1.807) is 11.3 Å². The molecule has 0 atom stereocenters. The van der Waals surface area contributed by atoms with Crippen LogP contribution in [0.1, 0.15) is 5.56 Å². The molecule has 1 N–H and O–H groups in total. The lowest BCUT2D eigenvalue weighted by Crippen LogP contribution is -1.66. The Bertz CT molecular complexity index is 392. The van der Waals surface area contributed by atoms with Crippen LogP contribution in [0.15, 0.2) is 29.6 Å². The van der Waals surface area contributed by atoms with Gasteiger partial charge in [-0.15, -0.1) is 11.3 Å². The summed E-state index contributed by atoms with van der Waals surface area (Å²) in [5.41, 5.74) is 1.34. The lowest BCUT2D eigenvalue weighted by atomic mass is 10.2. The number of carbonyl (C=O) groups is 1. The summed E-state index contributed by atoms with van der Waals surface area (Å²) in [6.07, 6.45) is 0. The molecule has 0 unspecified atom stereocenters. The quantitative estimate of drug-likeness (QED) is 0.655. The molecule has 1 aromatic carbocycles. The van der Waals surface area contributed by atoms with Crippen molar-refractivity contribution in [1.82, 2.24) is 0 Å². The van der Waals surface area contributed by atoms with E-state index in [4.69, 9.17) is 9.90 Å². The zero-order valence-corrected chi connectivity index (χ0v) is 8.04. The highest BCUT2D eigenvalue weighted by molar-refractivity contribution is 7.17. The molecule has 1 heterocycles. The monoisotopic (exact) mass is 194 g/mol. The standard InChI is InChI=1S/C9H8S.CH2O2/c1-7-2-3-8-4-5-10-9(8)6-7;2-1-3/h2-6H,1H3;1H,(H,2,3). The Morgan fingerprint density at radius 2 is 2.08 bits per heavy atom. The fourth-order valence-corrected chi connectivity index (χ4v) is 1.95. The number of aryl methyl sites for hydroxylation is 1. The molecule has 0 aliphatic carbocycles. The summed E-state index contributed by atoms with van der Waals surface area (Å²) < 4.78 is 1.39. The van der Waals surface area contributed by atoms with Crippen LogP contribution in [-0.4, -0.2) is 11.6 Å². The number of fused-ring (bicyclic) bond motifs is 1. The van der Waals surface area contributed by atoms with Gasteiger partial charge in [0, 0.05) is 4.70 Å². The van der Waals surface area contributed by atoms with E-state index in [1.807, 2.05) is 0 Å². The highest BCUT2D eigenvalue weighted by Gasteiger charge is 1.91. The molecular formula is C10H10O2S. The molecule has 13 heavy (non-hydrogen) atoms. The molecule has 2 nitrogen and oxygen atoms in total. The number of thiophene rings is 1. The van der Waals surface area contributed by atoms with Crippen LogP contribution in [0, 0.1) is 6.92 Å². The molecule has 0 saturated heterocycles. The molecule has 2 rings (SSSR count). The van der Waals surface area contributed by atoms with Crippen LogP contribution in [0.4, 0.5) is 0 Å². The van der Waals surface area contributed by atoms with E-state index in [0.717, 1.165) is 0 Å². The van der Waals surface area contributed by atoms with Crippen LogP contribution in [0.5, 0.6) is 0 Å². The first-order valence-electron chi connectivity index (χ1n) is 3.79. The summed E-state index contributed by atoms with van der Waals surface area (Å²) in [6.45, 7) is 1.87. The van der Waals surface area contributed by atoms with Gasteiger partial charge in [0.05, 0.1) is 0 Å². The summed E-state index contributed by atoms with van der Waals surface area (Å²) in [7, 11) is 0. The maximum atomic E-state index is 8.36. The molecule has 0 radical (unpaired) electrons. The third-order valence-corrected chi connectivity index (χ3v) is 2.49. The number of benzene rings is 1. The van der Waals surface area contributed by atoms with E-state index >= 15 is 0 Å². The predicted octanol–water partition coefficient (Wildman–Crippen LogP) is 2.91. The summed E-state index contributed by atoms with van der Waals surface area (Å²) in [5.74, 6) is 0. The van der Waals surface area contributed by atoms with Crippen molar-refractivity contribution in [3.63, 3.8) is 0 Å². The second kappa shape index (κ2) is 4.62. The highest BCUT2D eigenvalue weighted by atomic mass is 32.1. The van der Waals surface area contributed by atoms with Gasteiger partial charge in [-0.1, -0.05) is 12.1 Å². The van der Waals surface area contributed by atoms with Crippen molar-refractivity contribution in [2.75, 3.05) is 0 Å². The molecule has 1 aromatic heterocycles. The Morgan fingerprint density at radius 3 is 2.77 bits per heavy atom. The van der Waals surface area contributed by atoms with E-state index in [1.165, 1.54) is 15.6 Å². The van der Waals surface area contributed by atoms with Gasteiger partial charge < -0.3 is 5.11 Å². The van der Waals surface area contributed by atoms with Gasteiger partial charge >= 0.3 is 0 Å². The van der Waals surface area contributed by atoms with Gasteiger partial charge in [0.25, 0.3) is 6.47 Å². The van der Waals surface area contributed by atoms with Crippen LogP contribution in [0.2, 0.25) is 0 Å². The van der Waals surface area contributed by atoms with Gasteiger partial charge in [-0.3, -0.25) is 4.79 Å². The first-order chi connectivity index (χ1) is 6.27. The number of rotatable bonds is 0. The third kappa shape index (κ3) is 2.56. The maximum absolute atomic E-state index is 8.36. The van der Waals surface area contributed by atoms with E-state index in [0.29, 0.717) is 0 Å². The zero-order valence-electron chi connectivity index (χ0n) is 7.23. The summed E-state index contributed by atoms with van der Waals surface area (Å²) >= 11 is 1.80. The Balaban J connectivity index is 0.000000251. The molecule has 0 aliphatic heterocycles. The lowest BCUT2D eigenvalue weighted by Gasteiger charge is -1.89. The SMILES string of the molecule is Cc1ccc2ccsc2c1.O=CO. The number of hydrogen-bond acceptors (Lipinski definition) is 2. The van der Waals surface area contributed by atoms with Gasteiger partial charge in [0.15, 0.2) is 0 Å². The predicted molar refractivity (Wildman–Crippen MR) is 55.3 cm³/mol. The molecule has 3 heteroatoms. The smallest absolute Gasteiger partial charge is 0.290 e. The molecule has 0 bridgehead atoms. The minimum atomic E-state index is -0.250. The van der Waals surface area contributed by atoms with Gasteiger partial charge in [0.1, 0.15) is 0 Å². The Kier molecular flexibility index (Phi) is 3.46. The van der Waals surface area contributed by atoms with Gasteiger partial charge in [-0.2, -0.15) is 0 Å². The maximum Gasteiger partial charge on any atom is 0.290 e. The van der Waals surface area contributed by atoms with Crippen molar-refractivity contribution in [2.45, 2.75) is 6.92 Å². The second-order valence-electron chi connectivity index (χ2n) is 2.57. The van der Waals surface area contributed by atoms with Crippen molar-refractivity contribution < 1.29 is 9.90 Å². The first kappa shape index (κ1) is 9.74. The van der Waals surface area contributed by atoms with Gasteiger partial charge in [-0.25, -0.2) is 0 Å². The molecule has 0 amide bonds. The number of carboxylic acid groups (broad SMARTS) is 1. The van der Waals surface area contributed by atoms with Crippen LogP contribution in [0.3, 0.4) is 0 Å². The highest BCUT2D eigenvalue weighted by Crippen LogP contribution is 2.20. The van der Waals surface area contributed by atoms with E-state index in [2.05, 4.69) is 36.6 Å². The average Bonchev–Trinajstić information content (AvgIpc) is 2.52. The zero-order chi connectivity index (χ0) is 9.68. The fraction of sp³-hybridized carbons (Fsp3) is 0.100. The molecule has 0 aliphatic rings. The summed E-state index contributed by atoms with van der Waals surface area (Å²) in [6, 6.07) is 8.69. The van der Waals surface area contributed by atoms with Crippen molar-refractivity contribution in [2.24, 2.45) is 0 Å². The van der Waals surface area contributed by atoms with Crippen LogP contribution < -0.4 is 0 Å². The van der Waals surface area contributed by atoms with Crippen molar-refractivity contribution >= 4 is 27.9 Å². The fourth-order valence-electron chi connectivity index (χ4n) is 1.06. The first-order valence-corrected chi connectivity index (χ1v) is 4.67. The van der Waals surface area contributed by atoms with Gasteiger partial charge in [0.2, 0.25) is 0 Å². The minimum Gasteiger partial charge on any atom is -0.483 e. The lowest BCUT2D eigenvalue weighted by molar-refractivity contribution is -0.122. The minimum absolute atomic E-state index is 0.250. The third-order valence-electron chi connectivity index (χ3n) is 1.61. The molecule has 0 spiro atoms. The van der Waals surface area contributed by atoms with Crippen molar-refractivity contribution in [1.29, 1.82) is 0 Å².